The van der Waals surface area contributed by atoms with Gasteiger partial charge in [0, 0.05) is 17.4 Å². The highest BCUT2D eigenvalue weighted by molar-refractivity contribution is 6.10. The van der Waals surface area contributed by atoms with Crippen LogP contribution in [0, 0.1) is 17.8 Å². The van der Waals surface area contributed by atoms with E-state index in [0.717, 1.165) is 27.2 Å². The number of amides is 2. The lowest BCUT2D eigenvalue weighted by Crippen LogP contribution is -2.49. The molecule has 186 valence electrons. The number of carbonyl (C=O) groups excluding carboxylic acids is 4. The molecule has 4 aliphatic rings. The van der Waals surface area contributed by atoms with E-state index in [1.807, 2.05) is 48.5 Å². The zero-order chi connectivity index (χ0) is 25.8. The number of ketones is 1. The second-order valence-electron chi connectivity index (χ2n) is 10.4. The van der Waals surface area contributed by atoms with Crippen molar-refractivity contribution in [2.75, 3.05) is 6.61 Å². The molecule has 6 heteroatoms. The largest absolute Gasteiger partial charge is 0.456 e. The molecule has 0 N–H and O–H groups in total. The molecule has 3 aromatic carbocycles. The van der Waals surface area contributed by atoms with Crippen LogP contribution in [0.2, 0.25) is 0 Å². The molecule has 0 unspecified atom stereocenters. The van der Waals surface area contributed by atoms with Crippen LogP contribution in [0.1, 0.15) is 58.3 Å². The summed E-state index contributed by atoms with van der Waals surface area (Å²) < 4.78 is 5.40. The van der Waals surface area contributed by atoms with Crippen molar-refractivity contribution in [1.29, 1.82) is 0 Å². The summed E-state index contributed by atoms with van der Waals surface area (Å²) in [5.74, 6) is -3.74. The molecule has 1 heterocycles. The van der Waals surface area contributed by atoms with Crippen molar-refractivity contribution >= 4 is 23.6 Å². The lowest BCUT2D eigenvalue weighted by Gasteiger charge is -2.45. The van der Waals surface area contributed by atoms with Gasteiger partial charge in [-0.2, -0.15) is 0 Å². The van der Waals surface area contributed by atoms with Gasteiger partial charge in [-0.05, 0) is 28.2 Å². The van der Waals surface area contributed by atoms with Crippen molar-refractivity contribution in [3.05, 3.63) is 107 Å². The number of esters is 1. The van der Waals surface area contributed by atoms with Crippen LogP contribution in [0.4, 0.5) is 0 Å². The maximum absolute atomic E-state index is 14.0. The average Bonchev–Trinajstić information content (AvgIpc) is 3.18. The highest BCUT2D eigenvalue weighted by Gasteiger charge is 2.63. The Labute approximate surface area is 215 Å². The molecule has 6 nitrogen and oxygen atoms in total. The first-order chi connectivity index (χ1) is 17.9. The summed E-state index contributed by atoms with van der Waals surface area (Å²) in [7, 11) is 0. The van der Waals surface area contributed by atoms with Crippen LogP contribution >= 0.6 is 0 Å². The molecule has 1 saturated heterocycles. The van der Waals surface area contributed by atoms with Gasteiger partial charge in [-0.15, -0.1) is 0 Å². The van der Waals surface area contributed by atoms with Gasteiger partial charge in [0.05, 0.1) is 11.8 Å². The average molecular weight is 494 g/mol. The van der Waals surface area contributed by atoms with Crippen LogP contribution in [0.25, 0.3) is 0 Å². The molecule has 0 radical (unpaired) electrons. The summed E-state index contributed by atoms with van der Waals surface area (Å²) in [6.45, 7) is 3.12. The fourth-order valence-electron chi connectivity index (χ4n) is 6.58. The molecule has 3 aromatic rings. The number of likely N-dealkylation sites (tertiary alicyclic amines) is 1. The van der Waals surface area contributed by atoms with Crippen LogP contribution in [-0.2, 0) is 19.1 Å². The van der Waals surface area contributed by atoms with E-state index in [9.17, 15) is 19.2 Å². The third kappa shape index (κ3) is 3.46. The minimum Gasteiger partial charge on any atom is -0.456 e. The van der Waals surface area contributed by atoms with E-state index >= 15 is 0 Å². The van der Waals surface area contributed by atoms with Crippen LogP contribution in [0.15, 0.2) is 78.9 Å². The van der Waals surface area contributed by atoms with E-state index in [1.54, 1.807) is 44.2 Å². The third-order valence-electron chi connectivity index (χ3n) is 8.07. The Bertz CT molecular complexity index is 1310. The van der Waals surface area contributed by atoms with Crippen LogP contribution in [0.5, 0.6) is 0 Å². The molecular weight excluding hydrogens is 466 g/mol. The van der Waals surface area contributed by atoms with E-state index in [2.05, 4.69) is 0 Å². The number of carbonyl (C=O) groups is 4. The Kier molecular flexibility index (Phi) is 5.55. The minimum absolute atomic E-state index is 0.243. The zero-order valence-corrected chi connectivity index (χ0v) is 20.7. The number of nitrogens with zero attached hydrogens (tertiary/aromatic N) is 1. The molecule has 1 aliphatic heterocycles. The zero-order valence-electron chi connectivity index (χ0n) is 20.7. The highest BCUT2D eigenvalue weighted by atomic mass is 16.5. The molecule has 1 fully saturated rings. The topological polar surface area (TPSA) is 80.8 Å². The molecule has 0 spiro atoms. The summed E-state index contributed by atoms with van der Waals surface area (Å²) >= 11 is 0. The number of imide groups is 1. The van der Waals surface area contributed by atoms with Gasteiger partial charge in [-0.3, -0.25) is 19.3 Å². The Morgan fingerprint density at radius 2 is 1.16 bits per heavy atom. The van der Waals surface area contributed by atoms with Crippen LogP contribution < -0.4 is 0 Å². The smallest absolute Gasteiger partial charge is 0.330 e. The Morgan fingerprint density at radius 3 is 1.59 bits per heavy atom. The van der Waals surface area contributed by atoms with Crippen molar-refractivity contribution in [1.82, 2.24) is 4.90 Å². The quantitative estimate of drug-likeness (QED) is 0.290. The van der Waals surface area contributed by atoms with Crippen molar-refractivity contribution in [2.45, 2.75) is 31.7 Å². The first-order valence-corrected chi connectivity index (χ1v) is 12.7. The maximum atomic E-state index is 14.0. The van der Waals surface area contributed by atoms with Crippen molar-refractivity contribution in [3.8, 4) is 0 Å². The Balaban J connectivity index is 1.33. The van der Waals surface area contributed by atoms with Crippen LogP contribution in [-0.4, -0.2) is 41.1 Å². The maximum Gasteiger partial charge on any atom is 0.330 e. The van der Waals surface area contributed by atoms with Crippen molar-refractivity contribution < 1.29 is 23.9 Å². The van der Waals surface area contributed by atoms with Crippen molar-refractivity contribution in [2.24, 2.45) is 17.8 Å². The van der Waals surface area contributed by atoms with E-state index in [4.69, 9.17) is 4.74 Å². The van der Waals surface area contributed by atoms with Crippen LogP contribution in [0.3, 0.4) is 0 Å². The molecule has 2 bridgehead atoms. The fourth-order valence-corrected chi connectivity index (χ4v) is 6.58. The van der Waals surface area contributed by atoms with Gasteiger partial charge in [0.1, 0.15) is 6.04 Å². The third-order valence-corrected chi connectivity index (χ3v) is 8.07. The minimum atomic E-state index is -1.10. The normalized spacial score (nSPS) is 23.9. The van der Waals surface area contributed by atoms with Crippen molar-refractivity contribution in [3.63, 3.8) is 0 Å². The molecule has 37 heavy (non-hydrogen) atoms. The summed E-state index contributed by atoms with van der Waals surface area (Å²) in [5.41, 5.74) is 4.74. The standard InChI is InChI=1S/C31H27NO5/c1-17(2)28(31(36)37-16-23(33)18-10-4-3-5-11-18)32-29(34)26-24-19-12-6-7-13-20(19)25(27(26)30(32)35)22-15-9-8-14-21(22)24/h3-15,17,24-28H,16H2,1-2H3/t24?,25?,26-,27+,28-/m1/s1. The predicted molar refractivity (Wildman–Crippen MR) is 136 cm³/mol. The SMILES string of the molecule is CC(C)[C@H](C(=O)OCC(=O)c1ccccc1)N1C(=O)[C@@H]2C3c4ccccc4C(c4ccccc43)[C@@H]2C1=O. The lowest BCUT2D eigenvalue weighted by molar-refractivity contribution is -0.160. The van der Waals surface area contributed by atoms with Gasteiger partial charge in [0.25, 0.3) is 0 Å². The first kappa shape index (κ1) is 23.3. The van der Waals surface area contributed by atoms with Gasteiger partial charge in [-0.1, -0.05) is 92.7 Å². The van der Waals surface area contributed by atoms with Gasteiger partial charge in [-0.25, -0.2) is 4.79 Å². The summed E-state index contributed by atoms with van der Waals surface area (Å²) in [6.07, 6.45) is 0. The second-order valence-corrected chi connectivity index (χ2v) is 10.4. The second kappa shape index (κ2) is 8.80. The number of rotatable bonds is 6. The Morgan fingerprint density at radius 1 is 0.730 bits per heavy atom. The summed E-state index contributed by atoms with van der Waals surface area (Å²) in [6, 6.07) is 23.5. The fraction of sp³-hybridized carbons (Fsp3) is 0.290. The number of Topliss-reactive ketones (excluding diaryl/α,β-unsaturated/α-hetero) is 1. The van der Waals surface area contributed by atoms with Gasteiger partial charge in [0.15, 0.2) is 12.4 Å². The Hall–Kier alpha value is -4.06. The molecule has 0 aromatic heterocycles. The monoisotopic (exact) mass is 493 g/mol. The number of ether oxygens (including phenoxy) is 1. The number of benzene rings is 3. The molecular formula is C31H27NO5. The summed E-state index contributed by atoms with van der Waals surface area (Å²) in [5, 5.41) is 0. The van der Waals surface area contributed by atoms with E-state index in [1.165, 1.54) is 0 Å². The number of hydrogen-bond donors (Lipinski definition) is 0. The lowest BCUT2D eigenvalue weighted by atomic mass is 9.55. The first-order valence-electron chi connectivity index (χ1n) is 12.7. The molecule has 2 amide bonds. The van der Waals surface area contributed by atoms with E-state index in [0.29, 0.717) is 5.56 Å². The van der Waals surface area contributed by atoms with Gasteiger partial charge >= 0.3 is 5.97 Å². The molecule has 3 aliphatic carbocycles. The summed E-state index contributed by atoms with van der Waals surface area (Å²) in [4.78, 5) is 55.0. The number of hydrogen-bond acceptors (Lipinski definition) is 5. The molecule has 0 saturated carbocycles. The molecule has 7 rings (SSSR count). The van der Waals surface area contributed by atoms with Gasteiger partial charge < -0.3 is 4.74 Å². The van der Waals surface area contributed by atoms with E-state index in [-0.39, 0.29) is 35.4 Å². The predicted octanol–water partition coefficient (Wildman–Crippen LogP) is 4.33. The highest BCUT2D eigenvalue weighted by Crippen LogP contribution is 2.61. The van der Waals surface area contributed by atoms with Gasteiger partial charge in [0.2, 0.25) is 11.8 Å². The van der Waals surface area contributed by atoms with E-state index < -0.39 is 30.5 Å². The molecule has 3 atom stereocenters.